The third-order valence-corrected chi connectivity index (χ3v) is 4.86. The van der Waals surface area contributed by atoms with Crippen molar-refractivity contribution >= 4 is 34.5 Å². The molecule has 1 atom stereocenters. The fourth-order valence-corrected chi connectivity index (χ4v) is 3.41. The van der Waals surface area contributed by atoms with Crippen LogP contribution in [-0.4, -0.2) is 24.7 Å². The quantitative estimate of drug-likeness (QED) is 0.434. The molecule has 1 heterocycles. The molecule has 0 aliphatic heterocycles. The molecular formula is C18H16ClF6NO3S. The van der Waals surface area contributed by atoms with Crippen molar-refractivity contribution in [1.82, 2.24) is 0 Å². The van der Waals surface area contributed by atoms with Crippen molar-refractivity contribution in [3.8, 4) is 5.75 Å². The Balaban J connectivity index is 2.25. The van der Waals surface area contributed by atoms with E-state index < -0.39 is 30.5 Å². The van der Waals surface area contributed by atoms with Crippen LogP contribution >= 0.6 is 22.9 Å². The van der Waals surface area contributed by atoms with Crippen LogP contribution in [0.5, 0.6) is 5.75 Å². The fourth-order valence-electron chi connectivity index (χ4n) is 2.38. The first kappa shape index (κ1) is 24.3. The number of amides is 1. The molecule has 1 unspecified atom stereocenters. The lowest BCUT2D eigenvalue weighted by Gasteiger charge is -2.24. The van der Waals surface area contributed by atoms with Gasteiger partial charge < -0.3 is 10.1 Å². The summed E-state index contributed by atoms with van der Waals surface area (Å²) in [5.74, 6) is -1.16. The average Bonchev–Trinajstić information content (AvgIpc) is 3.01. The Labute approximate surface area is 176 Å². The summed E-state index contributed by atoms with van der Waals surface area (Å²) in [7, 11) is 0. The zero-order valence-electron chi connectivity index (χ0n) is 15.5. The summed E-state index contributed by atoms with van der Waals surface area (Å²) in [6.07, 6.45) is -14.4. The second-order valence-electron chi connectivity index (χ2n) is 6.52. The first-order valence-electron chi connectivity index (χ1n) is 8.41. The average molecular weight is 476 g/mol. The molecule has 1 aromatic carbocycles. The Morgan fingerprint density at radius 2 is 1.87 bits per heavy atom. The fraction of sp³-hybridized carbons (Fsp3) is 0.389. The van der Waals surface area contributed by atoms with E-state index in [-0.39, 0.29) is 33.5 Å². The number of anilines is 1. The summed E-state index contributed by atoms with van der Waals surface area (Å²) in [6.45, 7) is 3.51. The summed E-state index contributed by atoms with van der Waals surface area (Å²) in [6, 6.07) is 5.02. The van der Waals surface area contributed by atoms with Crippen LogP contribution in [0.15, 0.2) is 29.6 Å². The van der Waals surface area contributed by atoms with Crippen molar-refractivity contribution in [2.45, 2.75) is 39.1 Å². The lowest BCUT2D eigenvalue weighted by atomic mass is 10.0. The van der Waals surface area contributed by atoms with Crippen LogP contribution in [0.1, 0.15) is 29.1 Å². The van der Waals surface area contributed by atoms with Crippen LogP contribution in [0.3, 0.4) is 0 Å². The van der Waals surface area contributed by atoms with Crippen molar-refractivity contribution in [3.63, 3.8) is 0 Å². The number of carbonyl (C=O) groups excluding carboxylic acids is 1. The van der Waals surface area contributed by atoms with Gasteiger partial charge in [-0.15, -0.1) is 24.5 Å². The molecule has 166 valence electrons. The molecule has 1 aromatic heterocycles. The SMILES string of the molecule is CC(C)Cc1cc(NC(=O)c2sccc2Cl)ccc1OC(F)(F)C(F)OC(F)(F)F. The van der Waals surface area contributed by atoms with Gasteiger partial charge in [0.05, 0.1) is 5.02 Å². The predicted octanol–water partition coefficient (Wildman–Crippen LogP) is 6.66. The number of ether oxygens (including phenoxy) is 2. The van der Waals surface area contributed by atoms with Crippen LogP contribution in [-0.2, 0) is 11.2 Å². The number of carbonyl (C=O) groups is 1. The van der Waals surface area contributed by atoms with E-state index in [1.54, 1.807) is 19.2 Å². The number of halogens is 7. The molecule has 0 saturated carbocycles. The molecule has 2 rings (SSSR count). The van der Waals surface area contributed by atoms with E-state index in [2.05, 4.69) is 14.8 Å². The lowest BCUT2D eigenvalue weighted by molar-refractivity contribution is -0.411. The van der Waals surface area contributed by atoms with Gasteiger partial charge in [-0.1, -0.05) is 25.4 Å². The second kappa shape index (κ2) is 9.44. The minimum atomic E-state index is -5.61. The Hall–Kier alpha value is -1.98. The molecule has 0 saturated heterocycles. The minimum Gasteiger partial charge on any atom is -0.428 e. The van der Waals surface area contributed by atoms with Gasteiger partial charge in [-0.2, -0.15) is 8.78 Å². The van der Waals surface area contributed by atoms with Gasteiger partial charge in [0, 0.05) is 5.69 Å². The largest absolute Gasteiger partial charge is 0.525 e. The molecule has 0 fully saturated rings. The molecule has 1 N–H and O–H groups in total. The van der Waals surface area contributed by atoms with Gasteiger partial charge in [-0.3, -0.25) is 4.79 Å². The lowest BCUT2D eigenvalue weighted by Crippen LogP contribution is -2.41. The summed E-state index contributed by atoms with van der Waals surface area (Å²) in [4.78, 5) is 12.5. The molecule has 2 aromatic rings. The first-order valence-corrected chi connectivity index (χ1v) is 9.67. The van der Waals surface area contributed by atoms with Gasteiger partial charge in [0.2, 0.25) is 0 Å². The standard InChI is InChI=1S/C18H16ClF6NO3S/c1-9(2)7-10-8-11(26-15(27)14-12(19)5-6-30-14)3-4-13(10)28-17(21,22)16(20)29-18(23,24)25/h3-6,8-9,16H,7H2,1-2H3,(H,26,27). The van der Waals surface area contributed by atoms with Crippen molar-refractivity contribution in [2.75, 3.05) is 5.32 Å². The van der Waals surface area contributed by atoms with E-state index in [9.17, 15) is 31.1 Å². The van der Waals surface area contributed by atoms with Gasteiger partial charge in [0.25, 0.3) is 5.91 Å². The Morgan fingerprint density at radius 1 is 1.20 bits per heavy atom. The molecule has 0 spiro atoms. The van der Waals surface area contributed by atoms with E-state index >= 15 is 0 Å². The molecular weight excluding hydrogens is 460 g/mol. The van der Waals surface area contributed by atoms with Crippen LogP contribution < -0.4 is 10.1 Å². The maximum absolute atomic E-state index is 13.8. The molecule has 0 aliphatic carbocycles. The van der Waals surface area contributed by atoms with E-state index in [1.165, 1.54) is 18.2 Å². The highest BCUT2D eigenvalue weighted by Gasteiger charge is 2.50. The zero-order valence-corrected chi connectivity index (χ0v) is 17.1. The van der Waals surface area contributed by atoms with Crippen LogP contribution in [0.2, 0.25) is 5.02 Å². The molecule has 4 nitrogen and oxygen atoms in total. The highest BCUT2D eigenvalue weighted by Crippen LogP contribution is 2.35. The number of hydrogen-bond acceptors (Lipinski definition) is 4. The van der Waals surface area contributed by atoms with Crippen LogP contribution in [0.4, 0.5) is 32.0 Å². The number of benzene rings is 1. The summed E-state index contributed by atoms with van der Waals surface area (Å²) in [5, 5.41) is 4.38. The van der Waals surface area contributed by atoms with Crippen LogP contribution in [0, 0.1) is 5.92 Å². The van der Waals surface area contributed by atoms with Crippen molar-refractivity contribution in [2.24, 2.45) is 5.92 Å². The third-order valence-electron chi connectivity index (χ3n) is 3.52. The predicted molar refractivity (Wildman–Crippen MR) is 99.9 cm³/mol. The van der Waals surface area contributed by atoms with Gasteiger partial charge in [-0.25, -0.2) is 9.13 Å². The summed E-state index contributed by atoms with van der Waals surface area (Å²) >= 11 is 6.99. The smallest absolute Gasteiger partial charge is 0.428 e. The molecule has 12 heteroatoms. The highest BCUT2D eigenvalue weighted by molar-refractivity contribution is 7.12. The first-order chi connectivity index (χ1) is 13.8. The Kier molecular flexibility index (Phi) is 7.64. The molecule has 1 amide bonds. The monoisotopic (exact) mass is 475 g/mol. The van der Waals surface area contributed by atoms with Crippen molar-refractivity contribution < 1.29 is 40.6 Å². The number of alkyl halides is 6. The number of thiophene rings is 1. The van der Waals surface area contributed by atoms with Gasteiger partial charge in [0.1, 0.15) is 10.6 Å². The third kappa shape index (κ3) is 6.78. The van der Waals surface area contributed by atoms with Gasteiger partial charge >= 0.3 is 18.8 Å². The zero-order chi connectivity index (χ0) is 22.7. The molecule has 0 aliphatic rings. The van der Waals surface area contributed by atoms with E-state index in [0.29, 0.717) is 0 Å². The number of hydrogen-bond donors (Lipinski definition) is 1. The topological polar surface area (TPSA) is 47.6 Å². The summed E-state index contributed by atoms with van der Waals surface area (Å²) in [5.41, 5.74) is 0.332. The van der Waals surface area contributed by atoms with E-state index in [1.807, 2.05) is 0 Å². The van der Waals surface area contributed by atoms with Crippen molar-refractivity contribution in [3.05, 3.63) is 45.1 Å². The normalized spacial score (nSPS) is 13.4. The number of nitrogens with one attached hydrogen (secondary N) is 1. The van der Waals surface area contributed by atoms with Crippen molar-refractivity contribution in [1.29, 1.82) is 0 Å². The maximum Gasteiger partial charge on any atom is 0.525 e. The molecule has 0 bridgehead atoms. The minimum absolute atomic E-state index is 0.0775. The highest BCUT2D eigenvalue weighted by atomic mass is 35.5. The number of rotatable bonds is 8. The molecule has 0 radical (unpaired) electrons. The van der Waals surface area contributed by atoms with E-state index in [4.69, 9.17) is 11.6 Å². The maximum atomic E-state index is 13.8. The summed E-state index contributed by atoms with van der Waals surface area (Å²) < 4.78 is 84.0. The Morgan fingerprint density at radius 3 is 2.40 bits per heavy atom. The second-order valence-corrected chi connectivity index (χ2v) is 7.84. The van der Waals surface area contributed by atoms with E-state index in [0.717, 1.165) is 17.4 Å². The molecule has 30 heavy (non-hydrogen) atoms. The van der Waals surface area contributed by atoms with Gasteiger partial charge in [0.15, 0.2) is 0 Å². The van der Waals surface area contributed by atoms with Gasteiger partial charge in [-0.05, 0) is 47.5 Å². The Bertz CT molecular complexity index is 887. The van der Waals surface area contributed by atoms with Crippen LogP contribution in [0.25, 0.3) is 0 Å².